The first-order valence-corrected chi connectivity index (χ1v) is 10.3. The molecule has 2 N–H and O–H groups in total. The van der Waals surface area contributed by atoms with E-state index in [1.165, 1.54) is 12.4 Å². The van der Waals surface area contributed by atoms with Crippen LogP contribution in [0.2, 0.25) is 0 Å². The summed E-state index contributed by atoms with van der Waals surface area (Å²) < 4.78 is 10.5. The molecule has 0 saturated heterocycles. The van der Waals surface area contributed by atoms with Crippen LogP contribution in [0.1, 0.15) is 22.8 Å². The van der Waals surface area contributed by atoms with Gasteiger partial charge in [-0.2, -0.15) is 15.3 Å². The molecule has 1 aliphatic rings. The first kappa shape index (κ1) is 23.6. The minimum Gasteiger partial charge on any atom is -0.483 e. The lowest BCUT2D eigenvalue weighted by molar-refractivity contribution is -0.120. The maximum atomic E-state index is 12.3. The van der Waals surface area contributed by atoms with E-state index in [4.69, 9.17) is 21.1 Å². The summed E-state index contributed by atoms with van der Waals surface area (Å²) in [7, 11) is 0. The minimum absolute atomic E-state index is 0.198. The van der Waals surface area contributed by atoms with Crippen LogP contribution in [0.5, 0.6) is 5.75 Å². The molecule has 33 heavy (non-hydrogen) atoms. The zero-order valence-electron chi connectivity index (χ0n) is 17.5. The third-order valence-electron chi connectivity index (χ3n) is 4.19. The third kappa shape index (κ3) is 6.71. The first-order chi connectivity index (χ1) is 16.0. The highest BCUT2D eigenvalue weighted by molar-refractivity contribution is 6.54. The van der Waals surface area contributed by atoms with Gasteiger partial charge in [-0.25, -0.2) is 10.2 Å². The quantitative estimate of drug-likeness (QED) is 0.265. The van der Waals surface area contributed by atoms with Gasteiger partial charge in [0.2, 0.25) is 0 Å². The maximum absolute atomic E-state index is 12.3. The molecule has 0 radical (unpaired) electrons. The smallest absolute Gasteiger partial charge is 0.338 e. The SMILES string of the molecule is CCOC(=O)c1ccc(NC(=O)COc2ccccc2/C=N/N=C2\C=NNC(=O)C2Cl)cc1. The molecule has 0 spiro atoms. The van der Waals surface area contributed by atoms with E-state index >= 15 is 0 Å². The highest BCUT2D eigenvalue weighted by Gasteiger charge is 2.23. The fourth-order valence-corrected chi connectivity index (χ4v) is 2.76. The van der Waals surface area contributed by atoms with Crippen LogP contribution < -0.4 is 15.5 Å². The summed E-state index contributed by atoms with van der Waals surface area (Å²) in [6.45, 7) is 1.76. The lowest BCUT2D eigenvalue weighted by Crippen LogP contribution is -2.38. The minimum atomic E-state index is -0.985. The van der Waals surface area contributed by atoms with Gasteiger partial charge in [0, 0.05) is 11.3 Å². The standard InChI is InChI=1S/C22H20ClN5O5/c1-2-32-22(31)14-7-9-16(10-8-14)26-19(29)13-33-18-6-4-3-5-15(18)11-24-27-17-12-25-28-21(30)20(17)23/h3-12,20H,2,13H2,1H3,(H,26,29)(H,28,30)/b24-11+,27-17+. The second-order valence-corrected chi connectivity index (χ2v) is 6.98. The Balaban J connectivity index is 1.58. The molecule has 1 heterocycles. The van der Waals surface area contributed by atoms with Crippen molar-refractivity contribution in [2.45, 2.75) is 12.3 Å². The number of hydrogen-bond acceptors (Lipinski definition) is 8. The van der Waals surface area contributed by atoms with E-state index in [1.807, 2.05) is 0 Å². The molecule has 170 valence electrons. The van der Waals surface area contributed by atoms with E-state index in [0.29, 0.717) is 22.6 Å². The Morgan fingerprint density at radius 1 is 1.21 bits per heavy atom. The number of amides is 2. The number of anilines is 1. The third-order valence-corrected chi connectivity index (χ3v) is 4.61. The molecule has 1 aliphatic heterocycles. The van der Waals surface area contributed by atoms with E-state index in [2.05, 4.69) is 26.0 Å². The molecule has 1 atom stereocenters. The van der Waals surface area contributed by atoms with Gasteiger partial charge in [-0.15, -0.1) is 11.6 Å². The maximum Gasteiger partial charge on any atom is 0.338 e. The van der Waals surface area contributed by atoms with Crippen LogP contribution >= 0.6 is 11.6 Å². The van der Waals surface area contributed by atoms with Crippen molar-refractivity contribution >= 4 is 53.2 Å². The molecule has 11 heteroatoms. The Hall–Kier alpha value is -4.05. The number of hydrogen-bond donors (Lipinski definition) is 2. The van der Waals surface area contributed by atoms with Crippen molar-refractivity contribution in [3.8, 4) is 5.75 Å². The summed E-state index contributed by atoms with van der Waals surface area (Å²) in [4.78, 5) is 35.4. The molecule has 0 aliphatic carbocycles. The van der Waals surface area contributed by atoms with Crippen molar-refractivity contribution in [3.05, 3.63) is 59.7 Å². The largest absolute Gasteiger partial charge is 0.483 e. The Bertz CT molecular complexity index is 1110. The number of nitrogens with zero attached hydrogens (tertiary/aromatic N) is 3. The molecule has 10 nitrogen and oxygen atoms in total. The molecule has 0 bridgehead atoms. The number of ether oxygens (including phenoxy) is 2. The van der Waals surface area contributed by atoms with Gasteiger partial charge in [-0.3, -0.25) is 9.59 Å². The molecule has 2 aromatic carbocycles. The molecule has 2 aromatic rings. The van der Waals surface area contributed by atoms with Crippen LogP contribution in [0.15, 0.2) is 63.8 Å². The number of alkyl halides is 1. The summed E-state index contributed by atoms with van der Waals surface area (Å²) in [5.41, 5.74) is 3.89. The first-order valence-electron chi connectivity index (χ1n) is 9.84. The van der Waals surface area contributed by atoms with Gasteiger partial charge in [-0.1, -0.05) is 12.1 Å². The summed E-state index contributed by atoms with van der Waals surface area (Å²) in [6.07, 6.45) is 2.72. The molecule has 0 aromatic heterocycles. The second kappa shape index (κ2) is 11.5. The summed E-state index contributed by atoms with van der Waals surface area (Å²) in [5, 5.41) is 13.2. The predicted octanol–water partition coefficient (Wildman–Crippen LogP) is 2.38. The van der Waals surface area contributed by atoms with Crippen molar-refractivity contribution in [2.75, 3.05) is 18.5 Å². The number of nitrogens with one attached hydrogen (secondary N) is 2. The Kier molecular flexibility index (Phi) is 8.25. The van der Waals surface area contributed by atoms with Crippen molar-refractivity contribution in [1.29, 1.82) is 0 Å². The van der Waals surface area contributed by atoms with E-state index in [9.17, 15) is 14.4 Å². The van der Waals surface area contributed by atoms with Crippen LogP contribution in [0.4, 0.5) is 5.69 Å². The molecular weight excluding hydrogens is 450 g/mol. The number of halogens is 1. The van der Waals surface area contributed by atoms with Crippen molar-refractivity contribution < 1.29 is 23.9 Å². The van der Waals surface area contributed by atoms with Gasteiger partial charge in [0.15, 0.2) is 12.0 Å². The van der Waals surface area contributed by atoms with Crippen molar-refractivity contribution in [2.24, 2.45) is 15.3 Å². The lowest BCUT2D eigenvalue weighted by Gasteiger charge is -2.11. The zero-order valence-corrected chi connectivity index (χ0v) is 18.3. The highest BCUT2D eigenvalue weighted by atomic mass is 35.5. The Labute approximate surface area is 194 Å². The predicted molar refractivity (Wildman–Crippen MR) is 124 cm³/mol. The Morgan fingerprint density at radius 2 is 1.97 bits per heavy atom. The van der Waals surface area contributed by atoms with Crippen LogP contribution in [-0.4, -0.2) is 54.5 Å². The van der Waals surface area contributed by atoms with E-state index in [0.717, 1.165) is 0 Å². The van der Waals surface area contributed by atoms with Gasteiger partial charge in [-0.05, 0) is 43.3 Å². The van der Waals surface area contributed by atoms with Crippen molar-refractivity contribution in [3.63, 3.8) is 0 Å². The number of esters is 1. The number of carbonyl (C=O) groups excluding carboxylic acids is 3. The van der Waals surface area contributed by atoms with Gasteiger partial charge < -0.3 is 14.8 Å². The monoisotopic (exact) mass is 469 g/mol. The van der Waals surface area contributed by atoms with E-state index in [-0.39, 0.29) is 24.8 Å². The molecule has 0 saturated carbocycles. The normalized spacial score (nSPS) is 16.5. The fourth-order valence-electron chi connectivity index (χ4n) is 2.62. The fraction of sp³-hybridized carbons (Fsp3) is 0.182. The molecule has 1 unspecified atom stereocenters. The van der Waals surface area contributed by atoms with Crippen LogP contribution in [0.25, 0.3) is 0 Å². The Morgan fingerprint density at radius 3 is 2.73 bits per heavy atom. The number of hydrazone groups is 1. The van der Waals surface area contributed by atoms with Gasteiger partial charge in [0.1, 0.15) is 11.5 Å². The molecule has 0 fully saturated rings. The topological polar surface area (TPSA) is 131 Å². The van der Waals surface area contributed by atoms with Crippen LogP contribution in [-0.2, 0) is 14.3 Å². The zero-order chi connectivity index (χ0) is 23.6. The number of carbonyl (C=O) groups is 3. The molecular formula is C22H20ClN5O5. The lowest BCUT2D eigenvalue weighted by atomic mass is 10.2. The summed E-state index contributed by atoms with van der Waals surface area (Å²) >= 11 is 5.94. The number of para-hydroxylation sites is 1. The molecule has 3 rings (SSSR count). The van der Waals surface area contributed by atoms with Gasteiger partial charge in [0.25, 0.3) is 11.8 Å². The average Bonchev–Trinajstić information content (AvgIpc) is 2.82. The summed E-state index contributed by atoms with van der Waals surface area (Å²) in [5.74, 6) is -0.895. The number of benzene rings is 2. The number of rotatable bonds is 8. The van der Waals surface area contributed by atoms with Crippen LogP contribution in [0, 0.1) is 0 Å². The van der Waals surface area contributed by atoms with E-state index < -0.39 is 17.3 Å². The summed E-state index contributed by atoms with van der Waals surface area (Å²) in [6, 6.07) is 13.2. The molecule has 2 amide bonds. The van der Waals surface area contributed by atoms with Gasteiger partial charge in [0.05, 0.1) is 24.6 Å². The average molecular weight is 470 g/mol. The van der Waals surface area contributed by atoms with Gasteiger partial charge >= 0.3 is 5.97 Å². The van der Waals surface area contributed by atoms with Crippen molar-refractivity contribution in [1.82, 2.24) is 5.43 Å². The highest BCUT2D eigenvalue weighted by Crippen LogP contribution is 2.17. The van der Waals surface area contributed by atoms with Crippen LogP contribution in [0.3, 0.4) is 0 Å². The second-order valence-electron chi connectivity index (χ2n) is 6.54. The van der Waals surface area contributed by atoms with E-state index in [1.54, 1.807) is 55.5 Å².